The fraction of sp³-hybridized carbons (Fsp3) is 0.476. The van der Waals surface area contributed by atoms with Crippen LogP contribution >= 0.6 is 22.6 Å². The van der Waals surface area contributed by atoms with Crippen molar-refractivity contribution in [2.45, 2.75) is 53.9 Å². The van der Waals surface area contributed by atoms with Crippen LogP contribution in [-0.2, 0) is 9.53 Å². The van der Waals surface area contributed by atoms with Crippen LogP contribution in [0.1, 0.15) is 53.9 Å². The Morgan fingerprint density at radius 3 is 2.67 bits per heavy atom. The van der Waals surface area contributed by atoms with Gasteiger partial charge in [-0.1, -0.05) is 49.3 Å². The van der Waals surface area contributed by atoms with E-state index in [1.807, 2.05) is 12.2 Å². The Morgan fingerprint density at radius 2 is 2.04 bits per heavy atom. The van der Waals surface area contributed by atoms with Crippen molar-refractivity contribution >= 4 is 28.6 Å². The average Bonchev–Trinajstić information content (AvgIpc) is 2.46. The molecule has 1 rings (SSSR count). The Labute approximate surface area is 160 Å². The van der Waals surface area contributed by atoms with Crippen LogP contribution in [0.4, 0.5) is 0 Å². The summed E-state index contributed by atoms with van der Waals surface area (Å²) in [6.45, 7) is 11.2. The second-order valence-electron chi connectivity index (χ2n) is 6.82. The summed E-state index contributed by atoms with van der Waals surface area (Å²) in [5.41, 5.74) is 4.44. The molecule has 0 bridgehead atoms. The minimum atomic E-state index is -0.297. The van der Waals surface area contributed by atoms with E-state index in [2.05, 4.69) is 68.5 Å². The van der Waals surface area contributed by atoms with Crippen molar-refractivity contribution in [3.63, 3.8) is 0 Å². The number of ether oxygens (including phenoxy) is 1. The molecule has 132 valence electrons. The molecular formula is C21H29IO2. The molecule has 0 amide bonds. The van der Waals surface area contributed by atoms with Crippen molar-refractivity contribution < 1.29 is 9.53 Å². The molecule has 0 fully saturated rings. The summed E-state index contributed by atoms with van der Waals surface area (Å²) in [7, 11) is 0. The first-order chi connectivity index (χ1) is 11.3. The zero-order chi connectivity index (χ0) is 18.2. The lowest BCUT2D eigenvalue weighted by atomic mass is 9.72. The molecule has 0 aromatic rings. The van der Waals surface area contributed by atoms with E-state index in [0.29, 0.717) is 6.61 Å². The lowest BCUT2D eigenvalue weighted by Crippen LogP contribution is -2.19. The van der Waals surface area contributed by atoms with Crippen LogP contribution in [0.5, 0.6) is 0 Å². The molecule has 24 heavy (non-hydrogen) atoms. The van der Waals surface area contributed by atoms with Gasteiger partial charge in [0.2, 0.25) is 0 Å². The predicted molar refractivity (Wildman–Crippen MR) is 111 cm³/mol. The highest BCUT2D eigenvalue weighted by atomic mass is 127. The van der Waals surface area contributed by atoms with Crippen LogP contribution in [0.25, 0.3) is 0 Å². The molecule has 0 aliphatic heterocycles. The van der Waals surface area contributed by atoms with E-state index in [-0.39, 0.29) is 11.4 Å². The third-order valence-electron chi connectivity index (χ3n) is 4.21. The number of hydrogen-bond acceptors (Lipinski definition) is 2. The Kier molecular flexibility index (Phi) is 8.74. The molecular weight excluding hydrogens is 411 g/mol. The molecule has 0 heterocycles. The summed E-state index contributed by atoms with van der Waals surface area (Å²) >= 11 is 2.13. The van der Waals surface area contributed by atoms with E-state index in [1.165, 1.54) is 42.1 Å². The van der Waals surface area contributed by atoms with Gasteiger partial charge in [0.05, 0.1) is 6.61 Å². The quantitative estimate of drug-likeness (QED) is 0.205. The van der Waals surface area contributed by atoms with Crippen molar-refractivity contribution in [3.8, 4) is 0 Å². The smallest absolute Gasteiger partial charge is 0.331 e. The molecule has 0 aromatic carbocycles. The third-order valence-corrected chi connectivity index (χ3v) is 4.88. The van der Waals surface area contributed by atoms with Gasteiger partial charge in [-0.2, -0.15) is 0 Å². The fourth-order valence-corrected chi connectivity index (χ4v) is 3.38. The zero-order valence-corrected chi connectivity index (χ0v) is 17.6. The lowest BCUT2D eigenvalue weighted by molar-refractivity contribution is -0.137. The van der Waals surface area contributed by atoms with E-state index in [4.69, 9.17) is 4.74 Å². The van der Waals surface area contributed by atoms with Crippen LogP contribution in [0.3, 0.4) is 0 Å². The van der Waals surface area contributed by atoms with Crippen molar-refractivity contribution in [3.05, 3.63) is 56.8 Å². The Morgan fingerprint density at radius 1 is 1.33 bits per heavy atom. The zero-order valence-electron chi connectivity index (χ0n) is 15.5. The summed E-state index contributed by atoms with van der Waals surface area (Å²) in [4.78, 5) is 11.4. The van der Waals surface area contributed by atoms with Gasteiger partial charge in [-0.25, -0.2) is 4.79 Å². The third kappa shape index (κ3) is 7.20. The number of carbonyl (C=O) groups excluding carboxylic acids is 1. The highest BCUT2D eigenvalue weighted by Gasteiger charge is 2.26. The molecule has 2 nitrogen and oxygen atoms in total. The monoisotopic (exact) mass is 440 g/mol. The first-order valence-corrected chi connectivity index (χ1v) is 9.61. The van der Waals surface area contributed by atoms with E-state index < -0.39 is 0 Å². The van der Waals surface area contributed by atoms with Gasteiger partial charge in [0.1, 0.15) is 0 Å². The highest BCUT2D eigenvalue weighted by molar-refractivity contribution is 14.1. The number of carbonyl (C=O) groups is 1. The Balaban J connectivity index is 2.73. The molecule has 0 saturated carbocycles. The van der Waals surface area contributed by atoms with E-state index in [1.54, 1.807) is 6.92 Å². The molecule has 3 heteroatoms. The second-order valence-corrected chi connectivity index (χ2v) is 8.06. The van der Waals surface area contributed by atoms with Gasteiger partial charge in [-0.05, 0) is 79.7 Å². The van der Waals surface area contributed by atoms with Gasteiger partial charge in [0.15, 0.2) is 0 Å². The summed E-state index contributed by atoms with van der Waals surface area (Å²) in [5, 5.41) is 0. The van der Waals surface area contributed by atoms with Gasteiger partial charge in [0.25, 0.3) is 0 Å². The van der Waals surface area contributed by atoms with E-state index in [9.17, 15) is 4.79 Å². The van der Waals surface area contributed by atoms with Crippen molar-refractivity contribution in [1.29, 1.82) is 0 Å². The van der Waals surface area contributed by atoms with Gasteiger partial charge < -0.3 is 4.74 Å². The van der Waals surface area contributed by atoms with Crippen molar-refractivity contribution in [2.24, 2.45) is 5.41 Å². The van der Waals surface area contributed by atoms with Crippen LogP contribution in [0.2, 0.25) is 0 Å². The molecule has 0 saturated heterocycles. The Hall–Kier alpha value is -1.10. The van der Waals surface area contributed by atoms with E-state index in [0.717, 1.165) is 3.58 Å². The number of rotatable bonds is 6. The highest BCUT2D eigenvalue weighted by Crippen LogP contribution is 2.40. The first-order valence-electron chi connectivity index (χ1n) is 8.53. The predicted octanol–water partition coefficient (Wildman–Crippen LogP) is 6.45. The van der Waals surface area contributed by atoms with Gasteiger partial charge in [-0.15, -0.1) is 0 Å². The lowest BCUT2D eigenvalue weighted by Gasteiger charge is -2.32. The molecule has 0 radical (unpaired) electrons. The maximum atomic E-state index is 11.4. The molecule has 1 aliphatic carbocycles. The summed E-state index contributed by atoms with van der Waals surface area (Å²) in [5.74, 6) is -0.297. The van der Waals surface area contributed by atoms with Crippen LogP contribution in [0.15, 0.2) is 56.8 Å². The summed E-state index contributed by atoms with van der Waals surface area (Å²) in [6, 6.07) is 0. The number of allylic oxidation sites excluding steroid dienone is 9. The van der Waals surface area contributed by atoms with Crippen LogP contribution in [-0.4, -0.2) is 12.6 Å². The average molecular weight is 440 g/mol. The minimum Gasteiger partial charge on any atom is -0.463 e. The first kappa shape index (κ1) is 20.9. The molecule has 0 aromatic heterocycles. The fourth-order valence-electron chi connectivity index (χ4n) is 2.92. The normalized spacial score (nSPS) is 19.4. The molecule has 0 N–H and O–H groups in total. The second kappa shape index (κ2) is 10.0. The molecule has 0 atom stereocenters. The van der Waals surface area contributed by atoms with Gasteiger partial charge in [0, 0.05) is 9.66 Å². The standard InChI is InChI=1S/C21H29IO2/c1-6-24-20(23)15-18(22)11-7-9-16(2)12-13-19-17(3)10-8-14-21(19,4)5/h7,9,11-13,15H,6,8,10,14H2,1-5H3/b11-7+,13-12+,16-9+,18-15-. The number of esters is 1. The molecule has 1 aliphatic rings. The van der Waals surface area contributed by atoms with Crippen molar-refractivity contribution in [2.75, 3.05) is 6.61 Å². The SMILES string of the molecule is CCOC(=O)/C=C(I)/C=C/C=C(C)/C=C/C1=C(C)CCCC1(C)C. The summed E-state index contributed by atoms with van der Waals surface area (Å²) in [6.07, 6.45) is 15.6. The maximum absolute atomic E-state index is 11.4. The Bertz CT molecular complexity index is 601. The number of halogens is 1. The van der Waals surface area contributed by atoms with Crippen molar-refractivity contribution in [1.82, 2.24) is 0 Å². The van der Waals surface area contributed by atoms with Gasteiger partial charge in [-0.3, -0.25) is 0 Å². The van der Waals surface area contributed by atoms with Crippen LogP contribution < -0.4 is 0 Å². The topological polar surface area (TPSA) is 26.3 Å². The number of hydrogen-bond donors (Lipinski definition) is 0. The maximum Gasteiger partial charge on any atom is 0.331 e. The van der Waals surface area contributed by atoms with Crippen LogP contribution in [0, 0.1) is 5.41 Å². The largest absolute Gasteiger partial charge is 0.463 e. The van der Waals surface area contributed by atoms with Gasteiger partial charge >= 0.3 is 5.97 Å². The minimum absolute atomic E-state index is 0.271. The molecule has 0 spiro atoms. The van der Waals surface area contributed by atoms with E-state index >= 15 is 0 Å². The summed E-state index contributed by atoms with van der Waals surface area (Å²) < 4.78 is 5.74. The molecule has 0 unspecified atom stereocenters.